The van der Waals surface area contributed by atoms with Crippen LogP contribution in [0.5, 0.6) is 0 Å². The summed E-state index contributed by atoms with van der Waals surface area (Å²) >= 11 is 1.64. The molecule has 0 spiro atoms. The van der Waals surface area contributed by atoms with Crippen molar-refractivity contribution in [1.29, 1.82) is 0 Å². The molecule has 0 radical (unpaired) electrons. The summed E-state index contributed by atoms with van der Waals surface area (Å²) in [7, 11) is 1.67. The molecule has 0 saturated heterocycles. The van der Waals surface area contributed by atoms with Gasteiger partial charge in [0.1, 0.15) is 11.3 Å². The third-order valence-corrected chi connectivity index (χ3v) is 4.56. The Morgan fingerprint density at radius 1 is 1.19 bits per heavy atom. The van der Waals surface area contributed by atoms with Crippen molar-refractivity contribution in [3.63, 3.8) is 0 Å². The molecule has 0 aliphatic rings. The third kappa shape index (κ3) is 4.00. The molecule has 0 fully saturated rings. The summed E-state index contributed by atoms with van der Waals surface area (Å²) in [4.78, 5) is 38.5. The van der Waals surface area contributed by atoms with Crippen LogP contribution in [-0.4, -0.2) is 39.1 Å². The molecule has 3 aromatic rings. The predicted molar refractivity (Wildman–Crippen MR) is 102 cm³/mol. The number of pyridine rings is 1. The second-order valence-electron chi connectivity index (χ2n) is 5.70. The number of nitrogens with one attached hydrogen (secondary N) is 1. The molecule has 26 heavy (non-hydrogen) atoms. The Bertz CT molecular complexity index is 973. The van der Waals surface area contributed by atoms with Gasteiger partial charge in [0.15, 0.2) is 5.82 Å². The number of hydrogen-bond acceptors (Lipinski definition) is 5. The SMILES string of the molecule is CSc1cccc(CN(C)C(=O)c2cnc(-c3ccccn3)[nH]c2=O)c1. The molecule has 2 aromatic heterocycles. The van der Waals surface area contributed by atoms with E-state index >= 15 is 0 Å². The van der Waals surface area contributed by atoms with E-state index in [1.165, 1.54) is 11.1 Å². The Morgan fingerprint density at radius 3 is 2.73 bits per heavy atom. The van der Waals surface area contributed by atoms with Crippen molar-refractivity contribution in [1.82, 2.24) is 19.9 Å². The molecular formula is C19H18N4O2S. The van der Waals surface area contributed by atoms with E-state index in [4.69, 9.17) is 0 Å². The standard InChI is InChI=1S/C19H18N4O2S/c1-23(12-13-6-5-7-14(10-13)26-2)19(25)15-11-21-17(22-18(15)24)16-8-3-4-9-20-16/h3-11H,12H2,1-2H3,(H,21,22,24). The van der Waals surface area contributed by atoms with E-state index in [9.17, 15) is 9.59 Å². The van der Waals surface area contributed by atoms with Gasteiger partial charge < -0.3 is 9.88 Å². The minimum atomic E-state index is -0.477. The highest BCUT2D eigenvalue weighted by Crippen LogP contribution is 2.17. The monoisotopic (exact) mass is 366 g/mol. The second-order valence-corrected chi connectivity index (χ2v) is 6.58. The van der Waals surface area contributed by atoms with Gasteiger partial charge in [-0.15, -0.1) is 11.8 Å². The zero-order chi connectivity index (χ0) is 18.5. The van der Waals surface area contributed by atoms with Crippen molar-refractivity contribution in [2.45, 2.75) is 11.4 Å². The molecular weight excluding hydrogens is 348 g/mol. The van der Waals surface area contributed by atoms with Gasteiger partial charge in [0.05, 0.1) is 0 Å². The second kappa shape index (κ2) is 7.97. The van der Waals surface area contributed by atoms with Crippen LogP contribution < -0.4 is 5.56 Å². The Balaban J connectivity index is 1.79. The largest absolute Gasteiger partial charge is 0.337 e. The van der Waals surface area contributed by atoms with E-state index in [-0.39, 0.29) is 11.5 Å². The zero-order valence-corrected chi connectivity index (χ0v) is 15.3. The molecule has 7 heteroatoms. The molecule has 2 heterocycles. The van der Waals surface area contributed by atoms with Crippen LogP contribution in [0.25, 0.3) is 11.5 Å². The number of benzene rings is 1. The number of thioether (sulfide) groups is 1. The number of carbonyl (C=O) groups is 1. The van der Waals surface area contributed by atoms with Crippen LogP contribution in [0.15, 0.2) is 64.5 Å². The number of aromatic nitrogens is 3. The van der Waals surface area contributed by atoms with E-state index in [1.807, 2.05) is 30.5 Å². The maximum Gasteiger partial charge on any atom is 0.264 e. The van der Waals surface area contributed by atoms with E-state index in [0.29, 0.717) is 18.1 Å². The van der Waals surface area contributed by atoms with Gasteiger partial charge in [-0.05, 0) is 36.1 Å². The minimum Gasteiger partial charge on any atom is -0.337 e. The van der Waals surface area contributed by atoms with Crippen LogP contribution in [0.1, 0.15) is 15.9 Å². The van der Waals surface area contributed by atoms with E-state index in [2.05, 4.69) is 15.0 Å². The van der Waals surface area contributed by atoms with Gasteiger partial charge in [-0.1, -0.05) is 18.2 Å². The zero-order valence-electron chi connectivity index (χ0n) is 14.5. The van der Waals surface area contributed by atoms with E-state index < -0.39 is 5.56 Å². The molecule has 0 unspecified atom stereocenters. The molecule has 0 aliphatic heterocycles. The first-order valence-electron chi connectivity index (χ1n) is 7.97. The van der Waals surface area contributed by atoms with E-state index in [1.54, 1.807) is 43.2 Å². The predicted octanol–water partition coefficient (Wildman–Crippen LogP) is 2.83. The number of rotatable bonds is 5. The molecule has 1 aromatic carbocycles. The molecule has 0 aliphatic carbocycles. The third-order valence-electron chi connectivity index (χ3n) is 3.84. The highest BCUT2D eigenvalue weighted by Gasteiger charge is 2.17. The number of carbonyl (C=O) groups excluding carboxylic acids is 1. The van der Waals surface area contributed by atoms with Gasteiger partial charge in [-0.2, -0.15) is 0 Å². The quantitative estimate of drug-likeness (QED) is 0.703. The number of H-pyrrole nitrogens is 1. The summed E-state index contributed by atoms with van der Waals surface area (Å²) in [6.07, 6.45) is 4.92. The fourth-order valence-corrected chi connectivity index (χ4v) is 2.99. The first kappa shape index (κ1) is 17.9. The van der Waals surface area contributed by atoms with Crippen LogP contribution in [0, 0.1) is 0 Å². The summed E-state index contributed by atoms with van der Waals surface area (Å²) in [5, 5.41) is 0. The van der Waals surface area contributed by atoms with Crippen LogP contribution in [0.2, 0.25) is 0 Å². The van der Waals surface area contributed by atoms with Gasteiger partial charge in [0.25, 0.3) is 11.5 Å². The summed E-state index contributed by atoms with van der Waals surface area (Å²) in [6, 6.07) is 13.3. The topological polar surface area (TPSA) is 79.0 Å². The lowest BCUT2D eigenvalue weighted by molar-refractivity contribution is 0.0783. The maximum absolute atomic E-state index is 12.6. The van der Waals surface area contributed by atoms with Crippen molar-refractivity contribution in [2.75, 3.05) is 13.3 Å². The molecule has 132 valence electrons. The van der Waals surface area contributed by atoms with Crippen LogP contribution >= 0.6 is 11.8 Å². The number of amides is 1. The fraction of sp³-hybridized carbons (Fsp3) is 0.158. The van der Waals surface area contributed by atoms with Crippen LogP contribution in [0.4, 0.5) is 0 Å². The number of aromatic amines is 1. The lowest BCUT2D eigenvalue weighted by Gasteiger charge is -2.17. The molecule has 6 nitrogen and oxygen atoms in total. The van der Waals surface area contributed by atoms with Crippen molar-refractivity contribution < 1.29 is 4.79 Å². The van der Waals surface area contributed by atoms with Gasteiger partial charge >= 0.3 is 0 Å². The number of hydrogen-bond donors (Lipinski definition) is 1. The molecule has 1 N–H and O–H groups in total. The van der Waals surface area contributed by atoms with Gasteiger partial charge in [0, 0.05) is 30.9 Å². The maximum atomic E-state index is 12.6. The summed E-state index contributed by atoms with van der Waals surface area (Å²) in [5.41, 5.74) is 1.08. The lowest BCUT2D eigenvalue weighted by Crippen LogP contribution is -2.31. The van der Waals surface area contributed by atoms with Crippen molar-refractivity contribution >= 4 is 17.7 Å². The van der Waals surface area contributed by atoms with Crippen LogP contribution in [0.3, 0.4) is 0 Å². The number of nitrogens with zero attached hydrogens (tertiary/aromatic N) is 3. The Morgan fingerprint density at radius 2 is 2.04 bits per heavy atom. The summed E-state index contributed by atoms with van der Waals surface area (Å²) in [5.74, 6) is -0.0386. The lowest BCUT2D eigenvalue weighted by atomic mass is 10.2. The highest BCUT2D eigenvalue weighted by atomic mass is 32.2. The van der Waals surface area contributed by atoms with Crippen molar-refractivity contribution in [3.05, 3.63) is 76.3 Å². The van der Waals surface area contributed by atoms with Crippen molar-refractivity contribution in [3.8, 4) is 11.5 Å². The normalized spacial score (nSPS) is 10.5. The summed E-state index contributed by atoms with van der Waals surface area (Å²) < 4.78 is 0. The molecule has 0 atom stereocenters. The van der Waals surface area contributed by atoms with E-state index in [0.717, 1.165) is 10.5 Å². The first-order chi connectivity index (χ1) is 12.6. The molecule has 0 saturated carbocycles. The van der Waals surface area contributed by atoms with Gasteiger partial charge in [-0.25, -0.2) is 4.98 Å². The van der Waals surface area contributed by atoms with Crippen LogP contribution in [-0.2, 0) is 6.54 Å². The molecule has 0 bridgehead atoms. The summed E-state index contributed by atoms with van der Waals surface area (Å²) in [6.45, 7) is 0.411. The van der Waals surface area contributed by atoms with Gasteiger partial charge in [-0.3, -0.25) is 14.6 Å². The Kier molecular flexibility index (Phi) is 5.48. The minimum absolute atomic E-state index is 0.00759. The smallest absolute Gasteiger partial charge is 0.264 e. The van der Waals surface area contributed by atoms with Crippen molar-refractivity contribution in [2.24, 2.45) is 0 Å². The molecule has 3 rings (SSSR count). The highest BCUT2D eigenvalue weighted by molar-refractivity contribution is 7.98. The first-order valence-corrected chi connectivity index (χ1v) is 9.20. The molecule has 1 amide bonds. The average molecular weight is 366 g/mol. The average Bonchev–Trinajstić information content (AvgIpc) is 2.68. The Labute approximate surface area is 155 Å². The van der Waals surface area contributed by atoms with Gasteiger partial charge in [0.2, 0.25) is 0 Å². The Hall–Kier alpha value is -2.93. The fourth-order valence-electron chi connectivity index (χ4n) is 2.50.